The van der Waals surface area contributed by atoms with Gasteiger partial charge in [0.2, 0.25) is 5.91 Å². The predicted molar refractivity (Wildman–Crippen MR) is 77.9 cm³/mol. The van der Waals surface area contributed by atoms with Gasteiger partial charge in [0.15, 0.2) is 0 Å². The maximum absolute atomic E-state index is 12.2. The molecule has 0 saturated carbocycles. The van der Waals surface area contributed by atoms with Crippen LogP contribution in [-0.2, 0) is 22.4 Å². The van der Waals surface area contributed by atoms with Crippen molar-refractivity contribution in [1.82, 2.24) is 4.90 Å². The third kappa shape index (κ3) is 3.82. The number of amides is 1. The Morgan fingerprint density at radius 1 is 1.24 bits per heavy atom. The fourth-order valence-corrected chi connectivity index (χ4v) is 2.66. The van der Waals surface area contributed by atoms with Gasteiger partial charge in [0.1, 0.15) is 6.04 Å². The van der Waals surface area contributed by atoms with Gasteiger partial charge in [-0.3, -0.25) is 4.79 Å². The van der Waals surface area contributed by atoms with E-state index >= 15 is 0 Å². The number of aryl methyl sites for hydroxylation is 2. The van der Waals surface area contributed by atoms with Gasteiger partial charge in [-0.2, -0.15) is 0 Å². The van der Waals surface area contributed by atoms with Crippen LogP contribution in [0.4, 0.5) is 0 Å². The molecule has 1 aliphatic heterocycles. The lowest BCUT2D eigenvalue weighted by Crippen LogP contribution is -2.40. The first kappa shape index (κ1) is 15.5. The molecule has 1 heterocycles. The number of hydrogen-bond donors (Lipinski definition) is 2. The zero-order chi connectivity index (χ0) is 15.4. The number of benzene rings is 1. The van der Waals surface area contributed by atoms with Gasteiger partial charge in [-0.1, -0.05) is 31.2 Å². The molecule has 2 atom stereocenters. The Balaban J connectivity index is 1.92. The Labute approximate surface area is 124 Å². The molecule has 1 fully saturated rings. The first-order chi connectivity index (χ1) is 10.0. The Bertz CT molecular complexity index is 512. The Hall–Kier alpha value is -1.88. The van der Waals surface area contributed by atoms with E-state index in [2.05, 4.69) is 6.92 Å². The molecule has 0 bridgehead atoms. The van der Waals surface area contributed by atoms with Crippen LogP contribution in [-0.4, -0.2) is 45.7 Å². The molecule has 1 aromatic carbocycles. The van der Waals surface area contributed by atoms with Gasteiger partial charge >= 0.3 is 5.97 Å². The number of likely N-dealkylation sites (tertiary alicyclic amines) is 1. The van der Waals surface area contributed by atoms with Crippen LogP contribution in [0.25, 0.3) is 0 Å². The highest BCUT2D eigenvalue weighted by molar-refractivity contribution is 5.84. The number of carbonyl (C=O) groups is 2. The second-order valence-electron chi connectivity index (χ2n) is 5.46. The Morgan fingerprint density at radius 2 is 1.86 bits per heavy atom. The van der Waals surface area contributed by atoms with Crippen molar-refractivity contribution in [1.29, 1.82) is 0 Å². The van der Waals surface area contributed by atoms with Gasteiger partial charge < -0.3 is 15.1 Å². The van der Waals surface area contributed by atoms with Crippen LogP contribution in [0.15, 0.2) is 24.3 Å². The minimum absolute atomic E-state index is 0.116. The monoisotopic (exact) mass is 291 g/mol. The number of aliphatic hydroxyl groups is 1. The van der Waals surface area contributed by atoms with Gasteiger partial charge in [-0.05, 0) is 24.0 Å². The van der Waals surface area contributed by atoms with Crippen molar-refractivity contribution < 1.29 is 19.8 Å². The summed E-state index contributed by atoms with van der Waals surface area (Å²) in [6.45, 7) is 2.20. The summed E-state index contributed by atoms with van der Waals surface area (Å²) in [4.78, 5) is 24.5. The van der Waals surface area contributed by atoms with Crippen molar-refractivity contribution in [2.24, 2.45) is 0 Å². The number of β-amino-alcohol motifs (C(OH)–C–C–N with tert-alkyl or cyclic N) is 1. The second-order valence-corrected chi connectivity index (χ2v) is 5.46. The zero-order valence-electron chi connectivity index (χ0n) is 12.2. The van der Waals surface area contributed by atoms with Crippen LogP contribution in [0.2, 0.25) is 0 Å². The molecule has 2 unspecified atom stereocenters. The molecule has 1 aromatic rings. The molecule has 5 nitrogen and oxygen atoms in total. The third-order valence-corrected chi connectivity index (χ3v) is 3.94. The number of carboxylic acids is 1. The molecule has 0 spiro atoms. The van der Waals surface area contributed by atoms with Crippen LogP contribution in [0.3, 0.4) is 0 Å². The van der Waals surface area contributed by atoms with Gasteiger partial charge in [-0.15, -0.1) is 0 Å². The number of aliphatic carboxylic acids is 1. The Morgan fingerprint density at radius 3 is 2.43 bits per heavy atom. The molecule has 5 heteroatoms. The summed E-state index contributed by atoms with van der Waals surface area (Å²) in [7, 11) is 0. The van der Waals surface area contributed by atoms with Crippen LogP contribution in [0.5, 0.6) is 0 Å². The maximum atomic E-state index is 12.2. The van der Waals surface area contributed by atoms with E-state index in [0.29, 0.717) is 6.42 Å². The average Bonchev–Trinajstić information content (AvgIpc) is 2.87. The molecule has 0 aliphatic carbocycles. The standard InChI is InChI=1S/C16H21NO4/c1-2-11-3-5-12(6-4-11)7-8-15(19)17-10-13(18)9-14(17)16(20)21/h3-6,13-14,18H,2,7-10H2,1H3,(H,20,21). The number of carbonyl (C=O) groups excluding carboxylic acids is 1. The van der Waals surface area contributed by atoms with E-state index in [1.807, 2.05) is 24.3 Å². The van der Waals surface area contributed by atoms with E-state index in [1.54, 1.807) is 0 Å². The van der Waals surface area contributed by atoms with E-state index < -0.39 is 18.1 Å². The number of aliphatic hydroxyl groups excluding tert-OH is 1. The SMILES string of the molecule is CCc1ccc(CCC(=O)N2CC(O)CC2C(=O)O)cc1. The molecular formula is C16H21NO4. The van der Waals surface area contributed by atoms with Crippen molar-refractivity contribution >= 4 is 11.9 Å². The van der Waals surface area contributed by atoms with E-state index in [-0.39, 0.29) is 25.3 Å². The van der Waals surface area contributed by atoms with Gasteiger partial charge in [0.05, 0.1) is 6.10 Å². The van der Waals surface area contributed by atoms with Crippen LogP contribution in [0, 0.1) is 0 Å². The number of rotatable bonds is 5. The second kappa shape index (κ2) is 6.72. The molecule has 2 N–H and O–H groups in total. The zero-order valence-corrected chi connectivity index (χ0v) is 12.2. The van der Waals surface area contributed by atoms with Crippen molar-refractivity contribution in [2.75, 3.05) is 6.54 Å². The summed E-state index contributed by atoms with van der Waals surface area (Å²) in [5.41, 5.74) is 2.31. The summed E-state index contributed by atoms with van der Waals surface area (Å²) in [5.74, 6) is -1.26. The van der Waals surface area contributed by atoms with Crippen LogP contribution >= 0.6 is 0 Å². The summed E-state index contributed by atoms with van der Waals surface area (Å²) < 4.78 is 0. The van der Waals surface area contributed by atoms with E-state index in [0.717, 1.165) is 12.0 Å². The van der Waals surface area contributed by atoms with Gasteiger partial charge in [-0.25, -0.2) is 4.79 Å². The van der Waals surface area contributed by atoms with Crippen molar-refractivity contribution in [3.05, 3.63) is 35.4 Å². The number of hydrogen-bond acceptors (Lipinski definition) is 3. The molecule has 1 aliphatic rings. The van der Waals surface area contributed by atoms with Crippen molar-refractivity contribution in [3.63, 3.8) is 0 Å². The highest BCUT2D eigenvalue weighted by atomic mass is 16.4. The minimum Gasteiger partial charge on any atom is -0.480 e. The molecule has 0 radical (unpaired) electrons. The fourth-order valence-electron chi connectivity index (χ4n) is 2.66. The van der Waals surface area contributed by atoms with Crippen LogP contribution in [0.1, 0.15) is 30.9 Å². The quantitative estimate of drug-likeness (QED) is 0.855. The maximum Gasteiger partial charge on any atom is 0.326 e. The van der Waals surface area contributed by atoms with Crippen molar-refractivity contribution in [2.45, 2.75) is 44.8 Å². The summed E-state index contributed by atoms with van der Waals surface area (Å²) in [6.07, 6.45) is 1.21. The minimum atomic E-state index is -1.05. The molecule has 114 valence electrons. The lowest BCUT2D eigenvalue weighted by molar-refractivity contribution is -0.148. The van der Waals surface area contributed by atoms with E-state index in [9.17, 15) is 14.7 Å². The first-order valence-electron chi connectivity index (χ1n) is 7.29. The largest absolute Gasteiger partial charge is 0.480 e. The molecule has 1 saturated heterocycles. The lowest BCUT2D eigenvalue weighted by atomic mass is 10.1. The third-order valence-electron chi connectivity index (χ3n) is 3.94. The summed E-state index contributed by atoms with van der Waals surface area (Å²) in [6, 6.07) is 7.19. The van der Waals surface area contributed by atoms with Crippen LogP contribution < -0.4 is 0 Å². The molecule has 1 amide bonds. The highest BCUT2D eigenvalue weighted by Crippen LogP contribution is 2.20. The molecule has 2 rings (SSSR count). The summed E-state index contributed by atoms with van der Waals surface area (Å²) >= 11 is 0. The smallest absolute Gasteiger partial charge is 0.326 e. The van der Waals surface area contributed by atoms with E-state index in [1.165, 1.54) is 10.5 Å². The molecule has 0 aromatic heterocycles. The van der Waals surface area contributed by atoms with Crippen molar-refractivity contribution in [3.8, 4) is 0 Å². The first-order valence-corrected chi connectivity index (χ1v) is 7.29. The van der Waals surface area contributed by atoms with Gasteiger partial charge in [0, 0.05) is 19.4 Å². The Kier molecular flexibility index (Phi) is 4.96. The fraction of sp³-hybridized carbons (Fsp3) is 0.500. The molecule has 21 heavy (non-hydrogen) atoms. The average molecular weight is 291 g/mol. The topological polar surface area (TPSA) is 77.8 Å². The normalized spacial score (nSPS) is 21.5. The summed E-state index contributed by atoms with van der Waals surface area (Å²) in [5, 5.41) is 18.6. The highest BCUT2D eigenvalue weighted by Gasteiger charge is 2.38. The van der Waals surface area contributed by atoms with E-state index in [4.69, 9.17) is 5.11 Å². The van der Waals surface area contributed by atoms with Gasteiger partial charge in [0.25, 0.3) is 0 Å². The number of carboxylic acid groups (broad SMARTS) is 1. The lowest BCUT2D eigenvalue weighted by Gasteiger charge is -2.21. The number of nitrogens with zero attached hydrogens (tertiary/aromatic N) is 1. The predicted octanol–water partition coefficient (Wildman–Crippen LogP) is 1.23. The molecular weight excluding hydrogens is 270 g/mol.